The number of fused-ring (bicyclic) bond motifs is 2. The van der Waals surface area contributed by atoms with Gasteiger partial charge in [-0.1, -0.05) is 86.6 Å². The largest absolute Gasteiger partial charge is 0.497 e. The number of alkyl halides is 1. The van der Waals surface area contributed by atoms with Crippen LogP contribution < -0.4 is 25.7 Å². The lowest BCUT2D eigenvalue weighted by atomic mass is 9.80. The highest BCUT2D eigenvalue weighted by Gasteiger charge is 2.49. The molecule has 1 aliphatic heterocycles. The summed E-state index contributed by atoms with van der Waals surface area (Å²) in [5.41, 5.74) is 0.535. The topological polar surface area (TPSA) is 300 Å². The zero-order valence-electron chi connectivity index (χ0n) is 43.8. The van der Waals surface area contributed by atoms with Crippen LogP contribution in [0.3, 0.4) is 0 Å². The predicted molar refractivity (Wildman–Crippen MR) is 296 cm³/mol. The van der Waals surface area contributed by atoms with Crippen molar-refractivity contribution in [1.29, 1.82) is 5.26 Å². The maximum Gasteiger partial charge on any atom is 0.327 e. The molecule has 1 saturated heterocycles. The number of amides is 2. The molecule has 422 valence electrons. The van der Waals surface area contributed by atoms with Crippen LogP contribution in [0.2, 0.25) is 0 Å². The minimum absolute atomic E-state index is 0.0227. The van der Waals surface area contributed by atoms with Gasteiger partial charge in [0, 0.05) is 18.0 Å². The molecular formula is C53H54FN11O13P2S. The zero-order chi connectivity index (χ0) is 57.3. The fourth-order valence-electron chi connectivity index (χ4n) is 8.89. The van der Waals surface area contributed by atoms with Crippen LogP contribution in [0.15, 0.2) is 127 Å². The van der Waals surface area contributed by atoms with Gasteiger partial charge in [-0.3, -0.25) is 38.3 Å². The fourth-order valence-corrected chi connectivity index (χ4v) is 11.2. The number of nitrogens with one attached hydrogen (secondary N) is 3. The van der Waals surface area contributed by atoms with Gasteiger partial charge in [0.2, 0.25) is 11.9 Å². The van der Waals surface area contributed by atoms with Crippen molar-refractivity contribution in [2.24, 2.45) is 5.92 Å². The van der Waals surface area contributed by atoms with Gasteiger partial charge in [0.1, 0.15) is 48.1 Å². The number of imidazole rings is 2. The molecule has 1 aliphatic rings. The summed E-state index contributed by atoms with van der Waals surface area (Å²) in [6.07, 6.45) is -4.64. The molecule has 0 spiro atoms. The number of methoxy groups -OCH3 is 2. The molecule has 6 atom stereocenters. The lowest BCUT2D eigenvalue weighted by Gasteiger charge is -2.36. The van der Waals surface area contributed by atoms with Gasteiger partial charge in [-0.2, -0.15) is 10.2 Å². The third-order valence-electron chi connectivity index (χ3n) is 12.9. The Morgan fingerprint density at radius 1 is 0.877 bits per heavy atom. The number of benzene rings is 4. The van der Waals surface area contributed by atoms with Crippen molar-refractivity contribution in [2.75, 3.05) is 44.7 Å². The molecule has 4 aromatic carbocycles. The first kappa shape index (κ1) is 58.0. The van der Waals surface area contributed by atoms with E-state index in [1.165, 1.54) is 10.9 Å². The molecule has 0 bridgehead atoms. The molecule has 4 N–H and O–H groups in total. The van der Waals surface area contributed by atoms with E-state index < -0.39 is 75.1 Å². The Kier molecular flexibility index (Phi) is 18.5. The van der Waals surface area contributed by atoms with Crippen molar-refractivity contribution in [3.63, 3.8) is 0 Å². The van der Waals surface area contributed by atoms with E-state index in [0.29, 0.717) is 28.2 Å². The summed E-state index contributed by atoms with van der Waals surface area (Å²) in [5.74, 6) is -0.117. The van der Waals surface area contributed by atoms with Crippen LogP contribution >= 0.6 is 15.0 Å². The van der Waals surface area contributed by atoms with Gasteiger partial charge in [-0.15, -0.1) is 0 Å². The van der Waals surface area contributed by atoms with E-state index in [4.69, 9.17) is 53.8 Å². The zero-order valence-corrected chi connectivity index (χ0v) is 46.5. The smallest absolute Gasteiger partial charge is 0.327 e. The van der Waals surface area contributed by atoms with Crippen molar-refractivity contribution >= 4 is 72.7 Å². The number of ether oxygens (including phenoxy) is 4. The van der Waals surface area contributed by atoms with Crippen LogP contribution in [0.1, 0.15) is 59.4 Å². The Bertz CT molecular complexity index is 3640. The first-order valence-electron chi connectivity index (χ1n) is 25.1. The molecular weight excluding hydrogens is 1110 g/mol. The summed E-state index contributed by atoms with van der Waals surface area (Å²) in [5, 5.41) is 14.8. The standard InChI is InChI=1S/C53H54FN11O13P2S/c1-32(2)48(66)62-52-61-47-43(50(68)63-52)59-40(29-73-53(34-14-9-6-10-15-34,35-16-20-37(71-3)21-17-35)36-18-22-38(72-4)23-19-36)64(47)25-27-75-80(81,74-26-11-24-55)76-28-39-41(54)44(78-79(69)70)51(77-39)65-31-58-42-45(56-30-57-46(42)65)60-49(67)33-12-7-5-8-13-33/h5-10,12-23,30-32,39,41,44,51,79H,11,25-29H2,1-4H3,(H,69,70)(H,56,57,60,67)(H2,61,62,63,66,68)/t39-,41-,44-,51-,80?/m1/s1. The van der Waals surface area contributed by atoms with E-state index >= 15 is 4.39 Å². The first-order valence-corrected chi connectivity index (χ1v) is 28.9. The van der Waals surface area contributed by atoms with Crippen molar-refractivity contribution in [2.45, 2.75) is 63.6 Å². The number of carbonyl (C=O) groups excluding carboxylic acids is 2. The third-order valence-corrected chi connectivity index (χ3v) is 15.8. The number of carbonyl (C=O) groups is 2. The molecule has 1 fully saturated rings. The molecule has 81 heavy (non-hydrogen) atoms. The van der Waals surface area contributed by atoms with E-state index in [2.05, 4.69) is 35.6 Å². The fraction of sp³-hybridized carbons (Fsp3) is 0.302. The van der Waals surface area contributed by atoms with Gasteiger partial charge in [-0.25, -0.2) is 24.3 Å². The third kappa shape index (κ3) is 12.9. The lowest BCUT2D eigenvalue weighted by Crippen LogP contribution is -2.33. The molecule has 0 aliphatic carbocycles. The van der Waals surface area contributed by atoms with Crippen molar-refractivity contribution in [1.82, 2.24) is 39.0 Å². The molecule has 0 radical (unpaired) electrons. The number of rotatable bonds is 25. The van der Waals surface area contributed by atoms with Gasteiger partial charge >= 0.3 is 15.0 Å². The van der Waals surface area contributed by atoms with E-state index in [0.717, 1.165) is 11.9 Å². The number of hydrogen-bond acceptors (Lipinski definition) is 19. The molecule has 4 aromatic heterocycles. The maximum absolute atomic E-state index is 16.6. The lowest BCUT2D eigenvalue weighted by molar-refractivity contribution is -0.118. The quantitative estimate of drug-likeness (QED) is 0.0244. The minimum Gasteiger partial charge on any atom is -0.497 e. The average Bonchev–Trinajstić information content (AvgIpc) is 4.41. The highest BCUT2D eigenvalue weighted by atomic mass is 32.5. The number of halogens is 1. The molecule has 0 saturated carbocycles. The Labute approximate surface area is 467 Å². The normalized spacial score (nSPS) is 17.4. The highest BCUT2D eigenvalue weighted by molar-refractivity contribution is 8.07. The van der Waals surface area contributed by atoms with Crippen LogP contribution in [0.25, 0.3) is 22.3 Å². The van der Waals surface area contributed by atoms with Crippen LogP contribution in [-0.4, -0.2) is 108 Å². The second-order valence-corrected chi connectivity index (χ2v) is 22.0. The Balaban J connectivity index is 1.01. The number of H-pyrrole nitrogens is 1. The number of hydrogen-bond donors (Lipinski definition) is 4. The molecule has 5 heterocycles. The second kappa shape index (κ2) is 25.9. The summed E-state index contributed by atoms with van der Waals surface area (Å²) in [6.45, 7) is -2.31. The number of aromatic nitrogens is 8. The first-order chi connectivity index (χ1) is 39.1. The summed E-state index contributed by atoms with van der Waals surface area (Å²) in [7, 11) is -0.659. The average molecular weight is 1170 g/mol. The minimum atomic E-state index is -3.98. The Hall–Kier alpha value is -7.66. The van der Waals surface area contributed by atoms with Crippen LogP contribution in [0, 0.1) is 17.2 Å². The molecule has 2 unspecified atom stereocenters. The SMILES string of the molecule is COc1ccc(C(OCc2nc3c(=O)[nH]c(NC(=O)C(C)C)nc3n2CCOP(=S)(OCCC#N)OC[C@H]2O[C@@H](n3cnc4c(NC(=O)c5ccccc5)ncnc43)[C@H](O[PH](=O)O)[C@@H]2F)(c2ccccc2)c2ccc(OC)cc2)cc1. The predicted octanol–water partition coefficient (Wildman–Crippen LogP) is 7.52. The number of aromatic amines is 1. The molecule has 9 rings (SSSR count). The Morgan fingerprint density at radius 3 is 2.15 bits per heavy atom. The van der Waals surface area contributed by atoms with Crippen LogP contribution in [-0.2, 0) is 67.5 Å². The molecule has 28 heteroatoms. The number of anilines is 2. The van der Waals surface area contributed by atoms with Gasteiger partial charge in [0.15, 0.2) is 40.5 Å². The number of nitriles is 1. The maximum atomic E-state index is 16.6. The van der Waals surface area contributed by atoms with Gasteiger partial charge in [0.05, 0.1) is 52.9 Å². The van der Waals surface area contributed by atoms with Gasteiger partial charge in [-0.05, 0) is 64.9 Å². The molecule has 8 aromatic rings. The monoisotopic (exact) mass is 1170 g/mol. The summed E-state index contributed by atoms with van der Waals surface area (Å²) < 4.78 is 79.4. The van der Waals surface area contributed by atoms with Crippen LogP contribution in [0.5, 0.6) is 11.5 Å². The summed E-state index contributed by atoms with van der Waals surface area (Å²) >= 11 is 5.87. The van der Waals surface area contributed by atoms with E-state index in [1.807, 2.05) is 84.9 Å². The number of nitrogens with zero attached hydrogens (tertiary/aromatic N) is 8. The van der Waals surface area contributed by atoms with Crippen molar-refractivity contribution in [3.8, 4) is 17.6 Å². The molecule has 2 amide bonds. The van der Waals surface area contributed by atoms with Gasteiger partial charge < -0.3 is 47.3 Å². The summed E-state index contributed by atoms with van der Waals surface area (Å²) in [6, 6.07) is 34.6. The van der Waals surface area contributed by atoms with E-state index in [1.54, 1.807) is 63.0 Å². The summed E-state index contributed by atoms with van der Waals surface area (Å²) in [4.78, 5) is 74.5. The van der Waals surface area contributed by atoms with Crippen LogP contribution in [0.4, 0.5) is 16.2 Å². The van der Waals surface area contributed by atoms with E-state index in [9.17, 15) is 29.1 Å². The highest BCUT2D eigenvalue weighted by Crippen LogP contribution is 2.51. The van der Waals surface area contributed by atoms with Gasteiger partial charge in [0.25, 0.3) is 11.5 Å². The second-order valence-electron chi connectivity index (χ2n) is 18.2. The van der Waals surface area contributed by atoms with E-state index in [-0.39, 0.29) is 72.7 Å². The van der Waals surface area contributed by atoms with Crippen molar-refractivity contribution < 1.29 is 60.5 Å². The van der Waals surface area contributed by atoms with Crippen molar-refractivity contribution in [3.05, 3.63) is 160 Å². The Morgan fingerprint density at radius 2 is 1.52 bits per heavy atom. The molecule has 24 nitrogen and oxygen atoms in total.